The lowest BCUT2D eigenvalue weighted by Crippen LogP contribution is -2.24. The van der Waals surface area contributed by atoms with Crippen LogP contribution in [0.1, 0.15) is 12.8 Å². The van der Waals surface area contributed by atoms with Crippen molar-refractivity contribution in [2.75, 3.05) is 22.6 Å². The predicted octanol–water partition coefficient (Wildman–Crippen LogP) is 2.48. The van der Waals surface area contributed by atoms with E-state index in [-0.39, 0.29) is 5.69 Å². The van der Waals surface area contributed by atoms with Gasteiger partial charge < -0.3 is 11.1 Å². The molecule has 0 spiro atoms. The molecule has 1 aliphatic heterocycles. The summed E-state index contributed by atoms with van der Waals surface area (Å²) in [4.78, 5) is 10.3. The molecule has 0 amide bonds. The molecule has 1 fully saturated rings. The lowest BCUT2D eigenvalue weighted by molar-refractivity contribution is -0.384. The maximum atomic E-state index is 10.7. The number of nitro benzene ring substituents is 1. The zero-order chi connectivity index (χ0) is 12.3. The molecule has 1 saturated heterocycles. The minimum atomic E-state index is -0.418. The SMILES string of the molecule is Nc1cc(NC2CCSCC2)cc([N+](=O)[O-])c1. The number of non-ortho nitro benzene ring substituents is 1. The summed E-state index contributed by atoms with van der Waals surface area (Å²) in [6, 6.07) is 5.06. The second kappa shape index (κ2) is 5.27. The summed E-state index contributed by atoms with van der Waals surface area (Å²) >= 11 is 1.95. The van der Waals surface area contributed by atoms with Gasteiger partial charge in [-0.2, -0.15) is 11.8 Å². The smallest absolute Gasteiger partial charge is 0.273 e. The van der Waals surface area contributed by atoms with Gasteiger partial charge in [0, 0.05) is 29.5 Å². The van der Waals surface area contributed by atoms with Crippen molar-refractivity contribution >= 4 is 28.8 Å². The fourth-order valence-corrected chi connectivity index (χ4v) is 3.01. The summed E-state index contributed by atoms with van der Waals surface area (Å²) in [5.41, 5.74) is 6.86. The predicted molar refractivity (Wildman–Crippen MR) is 71.5 cm³/mol. The summed E-state index contributed by atoms with van der Waals surface area (Å²) in [7, 11) is 0. The lowest BCUT2D eigenvalue weighted by Gasteiger charge is -2.23. The molecule has 0 radical (unpaired) electrons. The van der Waals surface area contributed by atoms with E-state index in [1.807, 2.05) is 11.8 Å². The number of benzene rings is 1. The zero-order valence-corrected chi connectivity index (χ0v) is 10.2. The van der Waals surface area contributed by atoms with E-state index in [4.69, 9.17) is 5.73 Å². The van der Waals surface area contributed by atoms with Gasteiger partial charge in [0.2, 0.25) is 0 Å². The monoisotopic (exact) mass is 253 g/mol. The molecular formula is C11H15N3O2S. The highest BCUT2D eigenvalue weighted by molar-refractivity contribution is 7.99. The average Bonchev–Trinajstić information content (AvgIpc) is 2.29. The first-order chi connectivity index (χ1) is 8.15. The number of rotatable bonds is 3. The van der Waals surface area contributed by atoms with E-state index in [9.17, 15) is 10.1 Å². The first kappa shape index (κ1) is 12.0. The molecule has 3 N–H and O–H groups in total. The topological polar surface area (TPSA) is 81.2 Å². The summed E-state index contributed by atoms with van der Waals surface area (Å²) in [6.45, 7) is 0. The Morgan fingerprint density at radius 1 is 1.35 bits per heavy atom. The van der Waals surface area contributed by atoms with Crippen LogP contribution in [-0.4, -0.2) is 22.5 Å². The van der Waals surface area contributed by atoms with Gasteiger partial charge in [-0.15, -0.1) is 0 Å². The van der Waals surface area contributed by atoms with Crippen molar-refractivity contribution < 1.29 is 4.92 Å². The first-order valence-corrected chi connectivity index (χ1v) is 6.70. The van der Waals surface area contributed by atoms with E-state index in [1.165, 1.54) is 12.1 Å². The summed E-state index contributed by atoms with van der Waals surface area (Å²) < 4.78 is 0. The number of nitro groups is 1. The van der Waals surface area contributed by atoms with Crippen LogP contribution in [0, 0.1) is 10.1 Å². The number of nitrogen functional groups attached to an aromatic ring is 1. The van der Waals surface area contributed by atoms with Gasteiger partial charge >= 0.3 is 0 Å². The molecule has 0 atom stereocenters. The quantitative estimate of drug-likeness (QED) is 0.491. The van der Waals surface area contributed by atoms with Crippen LogP contribution in [-0.2, 0) is 0 Å². The molecule has 0 unspecified atom stereocenters. The number of nitrogens with two attached hydrogens (primary N) is 1. The van der Waals surface area contributed by atoms with Crippen LogP contribution in [0.3, 0.4) is 0 Å². The molecule has 0 aliphatic carbocycles. The number of anilines is 2. The Labute approximate surface area is 104 Å². The number of thioether (sulfide) groups is 1. The van der Waals surface area contributed by atoms with Crippen LogP contribution < -0.4 is 11.1 Å². The Balaban J connectivity index is 2.11. The van der Waals surface area contributed by atoms with Gasteiger partial charge in [0.05, 0.1) is 4.92 Å². The van der Waals surface area contributed by atoms with E-state index in [2.05, 4.69) is 5.32 Å². The van der Waals surface area contributed by atoms with Crippen molar-refractivity contribution in [2.45, 2.75) is 18.9 Å². The first-order valence-electron chi connectivity index (χ1n) is 5.54. The van der Waals surface area contributed by atoms with E-state index in [1.54, 1.807) is 6.07 Å². The molecule has 92 valence electrons. The van der Waals surface area contributed by atoms with Crippen molar-refractivity contribution in [2.24, 2.45) is 0 Å². The van der Waals surface area contributed by atoms with E-state index >= 15 is 0 Å². The van der Waals surface area contributed by atoms with Crippen LogP contribution in [0.15, 0.2) is 18.2 Å². The van der Waals surface area contributed by atoms with Crippen molar-refractivity contribution in [3.63, 3.8) is 0 Å². The van der Waals surface area contributed by atoms with Crippen LogP contribution in [0.25, 0.3) is 0 Å². The summed E-state index contributed by atoms with van der Waals surface area (Å²) in [6.07, 6.45) is 2.18. The Morgan fingerprint density at radius 2 is 2.06 bits per heavy atom. The highest BCUT2D eigenvalue weighted by Gasteiger charge is 2.15. The standard InChI is InChI=1S/C11H15N3O2S/c12-8-5-10(7-11(6-8)14(15)16)13-9-1-3-17-4-2-9/h5-7,9,13H,1-4,12H2. The molecule has 1 heterocycles. The molecule has 17 heavy (non-hydrogen) atoms. The number of hydrogen-bond donors (Lipinski definition) is 2. The summed E-state index contributed by atoms with van der Waals surface area (Å²) in [5.74, 6) is 2.28. The average molecular weight is 253 g/mol. The van der Waals surface area contributed by atoms with Crippen LogP contribution >= 0.6 is 11.8 Å². The minimum Gasteiger partial charge on any atom is -0.398 e. The lowest BCUT2D eigenvalue weighted by atomic mass is 10.1. The number of nitrogens with one attached hydrogen (secondary N) is 1. The van der Waals surface area contributed by atoms with Crippen LogP contribution in [0.4, 0.5) is 17.1 Å². The normalized spacial score (nSPS) is 16.7. The molecule has 1 aromatic rings. The molecule has 2 rings (SSSR count). The molecule has 0 saturated carbocycles. The fourth-order valence-electron chi connectivity index (χ4n) is 1.90. The number of hydrogen-bond acceptors (Lipinski definition) is 5. The molecule has 0 bridgehead atoms. The molecule has 1 aromatic carbocycles. The second-order valence-electron chi connectivity index (χ2n) is 4.10. The Hall–Kier alpha value is -1.43. The third-order valence-electron chi connectivity index (χ3n) is 2.74. The van der Waals surface area contributed by atoms with E-state index in [0.717, 1.165) is 30.0 Å². The maximum absolute atomic E-state index is 10.7. The van der Waals surface area contributed by atoms with Crippen molar-refractivity contribution in [1.29, 1.82) is 0 Å². The van der Waals surface area contributed by atoms with Gasteiger partial charge in [-0.3, -0.25) is 10.1 Å². The van der Waals surface area contributed by atoms with Gasteiger partial charge in [0.25, 0.3) is 5.69 Å². The zero-order valence-electron chi connectivity index (χ0n) is 9.39. The molecule has 5 nitrogen and oxygen atoms in total. The molecule has 6 heteroatoms. The van der Waals surface area contributed by atoms with Crippen molar-refractivity contribution in [3.05, 3.63) is 28.3 Å². The Morgan fingerprint density at radius 3 is 2.71 bits per heavy atom. The third kappa shape index (κ3) is 3.26. The fraction of sp³-hybridized carbons (Fsp3) is 0.455. The largest absolute Gasteiger partial charge is 0.398 e. The highest BCUT2D eigenvalue weighted by atomic mass is 32.2. The third-order valence-corrected chi connectivity index (χ3v) is 3.79. The highest BCUT2D eigenvalue weighted by Crippen LogP contribution is 2.25. The minimum absolute atomic E-state index is 0.0395. The van der Waals surface area contributed by atoms with Crippen LogP contribution in [0.5, 0.6) is 0 Å². The Kier molecular flexibility index (Phi) is 3.73. The van der Waals surface area contributed by atoms with Crippen LogP contribution in [0.2, 0.25) is 0 Å². The maximum Gasteiger partial charge on any atom is 0.273 e. The van der Waals surface area contributed by atoms with E-state index < -0.39 is 4.92 Å². The van der Waals surface area contributed by atoms with Crippen molar-refractivity contribution in [1.82, 2.24) is 0 Å². The van der Waals surface area contributed by atoms with Crippen molar-refractivity contribution in [3.8, 4) is 0 Å². The number of nitrogens with zero attached hydrogens (tertiary/aromatic N) is 1. The van der Waals surface area contributed by atoms with Gasteiger partial charge in [0.1, 0.15) is 0 Å². The van der Waals surface area contributed by atoms with Gasteiger partial charge in [-0.05, 0) is 30.4 Å². The van der Waals surface area contributed by atoms with E-state index in [0.29, 0.717) is 11.7 Å². The van der Waals surface area contributed by atoms with Gasteiger partial charge in [-0.1, -0.05) is 0 Å². The second-order valence-corrected chi connectivity index (χ2v) is 5.33. The summed E-state index contributed by atoms with van der Waals surface area (Å²) in [5, 5.41) is 14.0. The van der Waals surface area contributed by atoms with Gasteiger partial charge in [-0.25, -0.2) is 0 Å². The Bertz CT molecular complexity index is 419. The van der Waals surface area contributed by atoms with Gasteiger partial charge in [0.15, 0.2) is 0 Å². The molecule has 0 aromatic heterocycles. The molecular weight excluding hydrogens is 238 g/mol. The molecule has 1 aliphatic rings.